The molecule has 1 aliphatic heterocycles. The lowest BCUT2D eigenvalue weighted by Gasteiger charge is -2.25. The first-order valence-electron chi connectivity index (χ1n) is 10.7. The molecule has 0 saturated carbocycles. The number of methoxy groups -OCH3 is 1. The number of amides is 1. The molecule has 2 aromatic carbocycles. The Labute approximate surface area is 183 Å². The van der Waals surface area contributed by atoms with Gasteiger partial charge < -0.3 is 19.5 Å². The van der Waals surface area contributed by atoms with Crippen molar-refractivity contribution < 1.29 is 24.2 Å². The van der Waals surface area contributed by atoms with E-state index in [4.69, 9.17) is 9.47 Å². The van der Waals surface area contributed by atoms with Gasteiger partial charge in [0.25, 0.3) is 11.7 Å². The number of aliphatic hydroxyl groups is 1. The summed E-state index contributed by atoms with van der Waals surface area (Å²) < 4.78 is 10.8. The maximum atomic E-state index is 13.0. The predicted octanol–water partition coefficient (Wildman–Crippen LogP) is 4.71. The minimum absolute atomic E-state index is 0.0975. The first-order valence-corrected chi connectivity index (χ1v) is 10.7. The summed E-state index contributed by atoms with van der Waals surface area (Å²) in [6.45, 7) is 4.89. The minimum atomic E-state index is -0.670. The summed E-state index contributed by atoms with van der Waals surface area (Å²) in [6, 6.07) is 13.5. The van der Waals surface area contributed by atoms with Gasteiger partial charge in [-0.15, -0.1) is 0 Å². The van der Waals surface area contributed by atoms with E-state index in [1.807, 2.05) is 19.1 Å². The molecular weight excluding hydrogens is 394 g/mol. The van der Waals surface area contributed by atoms with Gasteiger partial charge in [-0.1, -0.05) is 44.0 Å². The molecule has 1 N–H and O–H groups in total. The molecule has 6 nitrogen and oxygen atoms in total. The third-order valence-corrected chi connectivity index (χ3v) is 5.39. The molecule has 1 heterocycles. The number of likely N-dealkylation sites (tertiary alicyclic amines) is 1. The molecule has 0 spiro atoms. The van der Waals surface area contributed by atoms with Crippen molar-refractivity contribution in [1.29, 1.82) is 0 Å². The SMILES string of the molecule is CCCCCN1C(=O)C(=O)/C(=C(\O)c2cccc(OCC)c2)C1c1ccc(OC)cc1. The van der Waals surface area contributed by atoms with Crippen LogP contribution in [0.25, 0.3) is 5.76 Å². The molecule has 1 saturated heterocycles. The molecule has 0 bridgehead atoms. The fourth-order valence-corrected chi connectivity index (χ4v) is 3.83. The normalized spacial score (nSPS) is 17.8. The fourth-order valence-electron chi connectivity index (χ4n) is 3.83. The topological polar surface area (TPSA) is 76.1 Å². The number of ether oxygens (including phenoxy) is 2. The van der Waals surface area contributed by atoms with E-state index in [0.717, 1.165) is 24.8 Å². The molecule has 6 heteroatoms. The van der Waals surface area contributed by atoms with Crippen molar-refractivity contribution in [3.8, 4) is 11.5 Å². The van der Waals surface area contributed by atoms with Crippen molar-refractivity contribution in [3.63, 3.8) is 0 Å². The van der Waals surface area contributed by atoms with Crippen molar-refractivity contribution in [3.05, 3.63) is 65.2 Å². The van der Waals surface area contributed by atoms with Crippen LogP contribution in [0.2, 0.25) is 0 Å². The molecule has 2 aromatic rings. The van der Waals surface area contributed by atoms with E-state index in [1.54, 1.807) is 48.4 Å². The zero-order valence-corrected chi connectivity index (χ0v) is 18.3. The quantitative estimate of drug-likeness (QED) is 0.274. The van der Waals surface area contributed by atoms with E-state index >= 15 is 0 Å². The van der Waals surface area contributed by atoms with Crippen molar-refractivity contribution in [2.75, 3.05) is 20.3 Å². The molecule has 164 valence electrons. The van der Waals surface area contributed by atoms with Crippen LogP contribution in [0, 0.1) is 0 Å². The van der Waals surface area contributed by atoms with Crippen molar-refractivity contribution in [2.24, 2.45) is 0 Å². The van der Waals surface area contributed by atoms with Gasteiger partial charge in [0.2, 0.25) is 0 Å². The lowest BCUT2D eigenvalue weighted by atomic mass is 9.95. The average molecular weight is 424 g/mol. The molecule has 0 radical (unpaired) electrons. The van der Waals surface area contributed by atoms with Crippen LogP contribution in [0.5, 0.6) is 11.5 Å². The average Bonchev–Trinajstić information content (AvgIpc) is 3.04. The predicted molar refractivity (Wildman–Crippen MR) is 119 cm³/mol. The first-order chi connectivity index (χ1) is 15.0. The number of rotatable bonds is 9. The number of aliphatic hydroxyl groups excluding tert-OH is 1. The summed E-state index contributed by atoms with van der Waals surface area (Å²) in [7, 11) is 1.58. The van der Waals surface area contributed by atoms with E-state index in [2.05, 4.69) is 6.92 Å². The summed E-state index contributed by atoms with van der Waals surface area (Å²) >= 11 is 0. The number of carbonyl (C=O) groups is 2. The zero-order chi connectivity index (χ0) is 22.4. The van der Waals surface area contributed by atoms with Gasteiger partial charge in [0.05, 0.1) is 25.3 Å². The lowest BCUT2D eigenvalue weighted by molar-refractivity contribution is -0.139. The van der Waals surface area contributed by atoms with Gasteiger partial charge in [0.1, 0.15) is 17.3 Å². The highest BCUT2D eigenvalue weighted by Gasteiger charge is 2.45. The van der Waals surface area contributed by atoms with Gasteiger partial charge in [-0.2, -0.15) is 0 Å². The van der Waals surface area contributed by atoms with E-state index in [1.165, 1.54) is 0 Å². The van der Waals surface area contributed by atoms with Crippen LogP contribution >= 0.6 is 0 Å². The molecule has 3 rings (SSSR count). The molecule has 1 atom stereocenters. The Morgan fingerprint density at radius 3 is 2.42 bits per heavy atom. The highest BCUT2D eigenvalue weighted by Crippen LogP contribution is 2.40. The van der Waals surface area contributed by atoms with E-state index in [0.29, 0.717) is 30.2 Å². The molecule has 1 fully saturated rings. The second kappa shape index (κ2) is 10.2. The second-order valence-corrected chi connectivity index (χ2v) is 7.43. The van der Waals surface area contributed by atoms with Crippen LogP contribution in [-0.4, -0.2) is 42.0 Å². The maximum Gasteiger partial charge on any atom is 0.295 e. The van der Waals surface area contributed by atoms with Crippen LogP contribution in [0.4, 0.5) is 0 Å². The Morgan fingerprint density at radius 2 is 1.77 bits per heavy atom. The maximum absolute atomic E-state index is 13.0. The smallest absolute Gasteiger partial charge is 0.295 e. The fraction of sp³-hybridized carbons (Fsp3) is 0.360. The molecule has 1 amide bonds. The summed E-state index contributed by atoms with van der Waals surface area (Å²) in [6.07, 6.45) is 2.74. The number of ketones is 1. The number of nitrogens with zero attached hydrogens (tertiary/aromatic N) is 1. The number of unbranched alkanes of at least 4 members (excludes halogenated alkanes) is 2. The van der Waals surface area contributed by atoms with E-state index < -0.39 is 17.7 Å². The number of carbonyl (C=O) groups excluding carboxylic acids is 2. The molecule has 1 aliphatic rings. The Hall–Kier alpha value is -3.28. The third kappa shape index (κ3) is 4.74. The Kier molecular flexibility index (Phi) is 7.34. The number of Topliss-reactive ketones (excluding diaryl/α,β-unsaturated/α-hetero) is 1. The van der Waals surface area contributed by atoms with E-state index in [-0.39, 0.29) is 11.3 Å². The van der Waals surface area contributed by atoms with Crippen LogP contribution in [-0.2, 0) is 9.59 Å². The van der Waals surface area contributed by atoms with Crippen LogP contribution < -0.4 is 9.47 Å². The van der Waals surface area contributed by atoms with Gasteiger partial charge in [0, 0.05) is 12.1 Å². The molecule has 1 unspecified atom stereocenters. The molecule has 0 aliphatic carbocycles. The molecule has 0 aromatic heterocycles. The summed E-state index contributed by atoms with van der Waals surface area (Å²) in [4.78, 5) is 27.5. The van der Waals surface area contributed by atoms with E-state index in [9.17, 15) is 14.7 Å². The minimum Gasteiger partial charge on any atom is -0.507 e. The van der Waals surface area contributed by atoms with Crippen LogP contribution in [0.3, 0.4) is 0 Å². The number of benzene rings is 2. The lowest BCUT2D eigenvalue weighted by Crippen LogP contribution is -2.30. The van der Waals surface area contributed by atoms with Crippen molar-refractivity contribution in [2.45, 2.75) is 39.2 Å². The van der Waals surface area contributed by atoms with Crippen LogP contribution in [0.1, 0.15) is 50.3 Å². The van der Waals surface area contributed by atoms with Crippen molar-refractivity contribution >= 4 is 17.4 Å². The molecular formula is C25H29NO5. The Bertz CT molecular complexity index is 964. The molecule has 31 heavy (non-hydrogen) atoms. The van der Waals surface area contributed by atoms with Gasteiger partial charge in [0.15, 0.2) is 0 Å². The van der Waals surface area contributed by atoms with Crippen LogP contribution in [0.15, 0.2) is 54.1 Å². The monoisotopic (exact) mass is 423 g/mol. The summed E-state index contributed by atoms with van der Waals surface area (Å²) in [5.41, 5.74) is 1.29. The summed E-state index contributed by atoms with van der Waals surface area (Å²) in [5.74, 6) is -0.185. The zero-order valence-electron chi connectivity index (χ0n) is 18.3. The Balaban J connectivity index is 2.10. The number of hydrogen-bond acceptors (Lipinski definition) is 5. The van der Waals surface area contributed by atoms with Gasteiger partial charge in [-0.25, -0.2) is 0 Å². The summed E-state index contributed by atoms with van der Waals surface area (Å²) in [5, 5.41) is 11.1. The highest BCUT2D eigenvalue weighted by molar-refractivity contribution is 6.46. The standard InChI is InChI=1S/C25H29NO5/c1-4-6-7-15-26-22(17-11-13-19(30-3)14-12-17)21(24(28)25(26)29)23(27)18-9-8-10-20(16-18)31-5-2/h8-14,16,22,27H,4-7,15H2,1-3H3/b23-21-. The highest BCUT2D eigenvalue weighted by atomic mass is 16.5. The second-order valence-electron chi connectivity index (χ2n) is 7.43. The number of hydrogen-bond donors (Lipinski definition) is 1. The van der Waals surface area contributed by atoms with Gasteiger partial charge in [-0.3, -0.25) is 9.59 Å². The van der Waals surface area contributed by atoms with Gasteiger partial charge >= 0.3 is 0 Å². The van der Waals surface area contributed by atoms with Gasteiger partial charge in [-0.05, 0) is 43.2 Å². The third-order valence-electron chi connectivity index (χ3n) is 5.39. The first kappa shape index (κ1) is 22.4. The largest absolute Gasteiger partial charge is 0.507 e. The Morgan fingerprint density at radius 1 is 1.03 bits per heavy atom. The van der Waals surface area contributed by atoms with Crippen molar-refractivity contribution in [1.82, 2.24) is 4.90 Å².